The number of aromatic nitrogens is 3. The summed E-state index contributed by atoms with van der Waals surface area (Å²) in [5.74, 6) is 0.00848. The number of piperazine rings is 1. The molecule has 130 valence electrons. The van der Waals surface area contributed by atoms with Gasteiger partial charge in [-0.1, -0.05) is 11.3 Å². The molecule has 0 atom stereocenters. The van der Waals surface area contributed by atoms with E-state index in [1.807, 2.05) is 11.9 Å². The fourth-order valence-corrected chi connectivity index (χ4v) is 4.52. The summed E-state index contributed by atoms with van der Waals surface area (Å²) in [5.41, 5.74) is 1.56. The molecule has 1 amide bonds. The van der Waals surface area contributed by atoms with Crippen LogP contribution in [0.5, 0.6) is 0 Å². The van der Waals surface area contributed by atoms with Gasteiger partial charge in [-0.05, 0) is 30.5 Å². The van der Waals surface area contributed by atoms with Crippen molar-refractivity contribution in [3.63, 3.8) is 0 Å². The van der Waals surface area contributed by atoms with Crippen molar-refractivity contribution in [2.45, 2.75) is 4.90 Å². The van der Waals surface area contributed by atoms with E-state index in [9.17, 15) is 4.79 Å². The summed E-state index contributed by atoms with van der Waals surface area (Å²) >= 11 is 3.47. The second-order valence-corrected chi connectivity index (χ2v) is 7.87. The van der Waals surface area contributed by atoms with E-state index in [2.05, 4.69) is 34.5 Å². The van der Waals surface area contributed by atoms with E-state index >= 15 is 0 Å². The molecule has 1 saturated heterocycles. The van der Waals surface area contributed by atoms with Crippen molar-refractivity contribution in [2.75, 3.05) is 37.3 Å². The van der Waals surface area contributed by atoms with Gasteiger partial charge in [0.2, 0.25) is 0 Å². The molecular formula is C17H19N5OS2. The van der Waals surface area contributed by atoms with Crippen LogP contribution in [0.1, 0.15) is 10.5 Å². The first kappa shape index (κ1) is 16.4. The second-order valence-electron chi connectivity index (χ2n) is 5.98. The molecule has 0 unspecified atom stereocenters. The maximum atomic E-state index is 12.5. The number of anilines is 1. The number of hydrogen-bond donors (Lipinski definition) is 0. The number of carbonyl (C=O) groups is 1. The molecule has 25 heavy (non-hydrogen) atoms. The van der Waals surface area contributed by atoms with Gasteiger partial charge < -0.3 is 9.80 Å². The van der Waals surface area contributed by atoms with Crippen molar-refractivity contribution >= 4 is 44.4 Å². The third-order valence-electron chi connectivity index (χ3n) is 4.35. The summed E-state index contributed by atoms with van der Waals surface area (Å²) in [4.78, 5) is 22.6. The number of amides is 1. The molecule has 6 nitrogen and oxygen atoms in total. The number of fused-ring (bicyclic) bond motifs is 1. The summed E-state index contributed by atoms with van der Waals surface area (Å²) in [6, 6.07) is 8.16. The molecule has 0 spiro atoms. The van der Waals surface area contributed by atoms with Crippen LogP contribution in [0.25, 0.3) is 10.2 Å². The van der Waals surface area contributed by atoms with Gasteiger partial charge in [0.15, 0.2) is 5.13 Å². The average molecular weight is 374 g/mol. The lowest BCUT2D eigenvalue weighted by molar-refractivity contribution is 0.0740. The van der Waals surface area contributed by atoms with Gasteiger partial charge in [-0.25, -0.2) is 4.98 Å². The Kier molecular flexibility index (Phi) is 4.39. The first-order valence-electron chi connectivity index (χ1n) is 8.12. The Morgan fingerprint density at radius 1 is 1.20 bits per heavy atom. The molecule has 3 heterocycles. The normalized spacial score (nSPS) is 15.1. The molecule has 1 aliphatic heterocycles. The van der Waals surface area contributed by atoms with Crippen LogP contribution in [0.15, 0.2) is 35.4 Å². The quantitative estimate of drug-likeness (QED) is 0.661. The van der Waals surface area contributed by atoms with Crippen molar-refractivity contribution in [1.82, 2.24) is 19.7 Å². The summed E-state index contributed by atoms with van der Waals surface area (Å²) in [5, 5.41) is 5.25. The van der Waals surface area contributed by atoms with Crippen LogP contribution in [0.3, 0.4) is 0 Å². The molecule has 4 rings (SSSR count). The van der Waals surface area contributed by atoms with Crippen molar-refractivity contribution in [3.05, 3.63) is 36.2 Å². The average Bonchev–Trinajstić information content (AvgIpc) is 3.26. The van der Waals surface area contributed by atoms with E-state index in [1.165, 1.54) is 9.60 Å². The number of aryl methyl sites for hydroxylation is 1. The minimum Gasteiger partial charge on any atom is -0.345 e. The molecule has 0 N–H and O–H groups in total. The van der Waals surface area contributed by atoms with Gasteiger partial charge in [-0.15, -0.1) is 11.8 Å². The van der Waals surface area contributed by atoms with E-state index < -0.39 is 0 Å². The molecule has 8 heteroatoms. The summed E-state index contributed by atoms with van der Waals surface area (Å²) in [7, 11) is 1.82. The highest BCUT2D eigenvalue weighted by molar-refractivity contribution is 7.98. The summed E-state index contributed by atoms with van der Waals surface area (Å²) in [6.45, 7) is 2.99. The minimum atomic E-state index is 0.00848. The van der Waals surface area contributed by atoms with E-state index in [0.29, 0.717) is 18.8 Å². The molecule has 2 aromatic heterocycles. The lowest BCUT2D eigenvalue weighted by Crippen LogP contribution is -2.48. The van der Waals surface area contributed by atoms with Crippen molar-refractivity contribution in [3.8, 4) is 0 Å². The van der Waals surface area contributed by atoms with E-state index in [1.54, 1.807) is 40.0 Å². The van der Waals surface area contributed by atoms with Crippen LogP contribution < -0.4 is 4.90 Å². The topological polar surface area (TPSA) is 54.3 Å². The van der Waals surface area contributed by atoms with E-state index in [-0.39, 0.29) is 5.91 Å². The van der Waals surface area contributed by atoms with Crippen LogP contribution in [0.2, 0.25) is 0 Å². The van der Waals surface area contributed by atoms with Crippen molar-refractivity contribution < 1.29 is 4.79 Å². The number of nitrogens with zero attached hydrogens (tertiary/aromatic N) is 5. The number of carbonyl (C=O) groups excluding carboxylic acids is 1. The first-order chi connectivity index (χ1) is 12.1. The second kappa shape index (κ2) is 6.68. The fourth-order valence-electron chi connectivity index (χ4n) is 2.95. The third kappa shape index (κ3) is 3.23. The minimum absolute atomic E-state index is 0.00848. The third-order valence-corrected chi connectivity index (χ3v) is 6.16. The number of thiazole rings is 1. The molecule has 0 bridgehead atoms. The molecule has 0 radical (unpaired) electrons. The van der Waals surface area contributed by atoms with Crippen LogP contribution in [0, 0.1) is 0 Å². The largest absolute Gasteiger partial charge is 0.345 e. The van der Waals surface area contributed by atoms with Gasteiger partial charge >= 0.3 is 0 Å². The zero-order valence-electron chi connectivity index (χ0n) is 14.2. The standard InChI is InChI=1S/C17H19N5OS2/c1-20-6-5-14(19-20)16(23)21-7-9-22(10-8-21)17-18-13-4-3-12(24-2)11-15(13)25-17/h3-6,11H,7-10H2,1-2H3. The van der Waals surface area contributed by atoms with E-state index in [0.717, 1.165) is 23.7 Å². The van der Waals surface area contributed by atoms with Crippen LogP contribution >= 0.6 is 23.1 Å². The lowest BCUT2D eigenvalue weighted by Gasteiger charge is -2.34. The maximum absolute atomic E-state index is 12.5. The zero-order chi connectivity index (χ0) is 17.4. The molecular weight excluding hydrogens is 354 g/mol. The smallest absolute Gasteiger partial charge is 0.274 e. The Morgan fingerprint density at radius 2 is 2.00 bits per heavy atom. The SMILES string of the molecule is CSc1ccc2nc(N3CCN(C(=O)c4ccn(C)n4)CC3)sc2c1. The first-order valence-corrected chi connectivity index (χ1v) is 10.2. The number of benzene rings is 1. The zero-order valence-corrected chi connectivity index (χ0v) is 15.8. The van der Waals surface area contributed by atoms with Gasteiger partial charge in [0.25, 0.3) is 5.91 Å². The lowest BCUT2D eigenvalue weighted by atomic mass is 10.3. The van der Waals surface area contributed by atoms with Crippen LogP contribution in [0.4, 0.5) is 5.13 Å². The molecule has 1 aromatic carbocycles. The highest BCUT2D eigenvalue weighted by Gasteiger charge is 2.25. The highest BCUT2D eigenvalue weighted by atomic mass is 32.2. The van der Waals surface area contributed by atoms with Gasteiger partial charge in [0.05, 0.1) is 10.2 Å². The summed E-state index contributed by atoms with van der Waals surface area (Å²) < 4.78 is 2.88. The van der Waals surface area contributed by atoms with Crippen LogP contribution in [-0.2, 0) is 7.05 Å². The Labute approximate surface area is 154 Å². The fraction of sp³-hybridized carbons (Fsp3) is 0.353. The Hall–Kier alpha value is -2.06. The molecule has 3 aromatic rings. The Morgan fingerprint density at radius 3 is 2.68 bits per heavy atom. The van der Waals surface area contributed by atoms with Crippen molar-refractivity contribution in [2.24, 2.45) is 7.05 Å². The predicted molar refractivity (Wildman–Crippen MR) is 103 cm³/mol. The monoisotopic (exact) mass is 373 g/mol. The summed E-state index contributed by atoms with van der Waals surface area (Å²) in [6.07, 6.45) is 3.88. The van der Waals surface area contributed by atoms with Gasteiger partial charge in [-0.3, -0.25) is 9.48 Å². The van der Waals surface area contributed by atoms with Crippen molar-refractivity contribution in [1.29, 1.82) is 0 Å². The number of thioether (sulfide) groups is 1. The van der Waals surface area contributed by atoms with Crippen LogP contribution in [-0.4, -0.2) is 58.0 Å². The van der Waals surface area contributed by atoms with E-state index in [4.69, 9.17) is 4.98 Å². The molecule has 0 aliphatic carbocycles. The molecule has 1 fully saturated rings. The molecule has 1 aliphatic rings. The van der Waals surface area contributed by atoms with Gasteiger partial charge in [0.1, 0.15) is 5.69 Å². The number of hydrogen-bond acceptors (Lipinski definition) is 6. The predicted octanol–water partition coefficient (Wildman–Crippen LogP) is 2.71. The van der Waals surface area contributed by atoms with Gasteiger partial charge in [0, 0.05) is 44.3 Å². The Bertz CT molecular complexity index is 911. The Balaban J connectivity index is 1.45. The number of rotatable bonds is 3. The maximum Gasteiger partial charge on any atom is 0.274 e. The highest BCUT2D eigenvalue weighted by Crippen LogP contribution is 2.32. The van der Waals surface area contributed by atoms with Gasteiger partial charge in [-0.2, -0.15) is 5.10 Å². The molecule has 0 saturated carbocycles.